The van der Waals surface area contributed by atoms with Gasteiger partial charge in [-0.2, -0.15) is 8.78 Å². The van der Waals surface area contributed by atoms with E-state index in [0.717, 1.165) is 18.2 Å². The van der Waals surface area contributed by atoms with Crippen molar-refractivity contribution < 1.29 is 22.6 Å². The van der Waals surface area contributed by atoms with E-state index in [1.165, 1.54) is 10.9 Å². The Balaban J connectivity index is 1.96. The van der Waals surface area contributed by atoms with Crippen LogP contribution in [0.15, 0.2) is 29.3 Å². The molecular formula is C15H13F3N2O3. The van der Waals surface area contributed by atoms with E-state index < -0.39 is 12.4 Å². The van der Waals surface area contributed by atoms with Gasteiger partial charge in [-0.15, -0.1) is 0 Å². The van der Waals surface area contributed by atoms with Gasteiger partial charge >= 0.3 is 6.61 Å². The summed E-state index contributed by atoms with van der Waals surface area (Å²) in [7, 11) is 0. The number of ether oxygens (including phenoxy) is 2. The van der Waals surface area contributed by atoms with Crippen LogP contribution in [0, 0.1) is 5.82 Å². The van der Waals surface area contributed by atoms with Crippen LogP contribution < -0.4 is 10.3 Å². The fourth-order valence-corrected chi connectivity index (χ4v) is 2.45. The molecule has 0 bridgehead atoms. The zero-order chi connectivity index (χ0) is 16.4. The van der Waals surface area contributed by atoms with Crippen LogP contribution in [-0.2, 0) is 24.3 Å². The summed E-state index contributed by atoms with van der Waals surface area (Å²) < 4.78 is 49.1. The van der Waals surface area contributed by atoms with Gasteiger partial charge in [0.2, 0.25) is 0 Å². The molecule has 2 heterocycles. The van der Waals surface area contributed by atoms with Crippen LogP contribution in [0.4, 0.5) is 13.2 Å². The molecule has 0 aliphatic carbocycles. The first-order valence-corrected chi connectivity index (χ1v) is 6.93. The minimum absolute atomic E-state index is 0.126. The molecule has 23 heavy (non-hydrogen) atoms. The number of fused-ring (bicyclic) bond motifs is 1. The van der Waals surface area contributed by atoms with E-state index in [1.54, 1.807) is 0 Å². The van der Waals surface area contributed by atoms with Crippen LogP contribution in [0.5, 0.6) is 5.75 Å². The third kappa shape index (κ3) is 3.37. The van der Waals surface area contributed by atoms with Crippen molar-refractivity contribution in [2.75, 3.05) is 6.61 Å². The second-order valence-corrected chi connectivity index (χ2v) is 5.04. The quantitative estimate of drug-likeness (QED) is 0.863. The lowest BCUT2D eigenvalue weighted by Crippen LogP contribution is -2.30. The molecule has 1 aliphatic heterocycles. The number of rotatable bonds is 4. The zero-order valence-corrected chi connectivity index (χ0v) is 12.0. The first-order chi connectivity index (χ1) is 11.0. The third-order valence-electron chi connectivity index (χ3n) is 3.53. The molecule has 0 atom stereocenters. The number of alkyl halides is 2. The molecular weight excluding hydrogens is 313 g/mol. The van der Waals surface area contributed by atoms with Crippen LogP contribution in [0.1, 0.15) is 16.8 Å². The van der Waals surface area contributed by atoms with E-state index in [9.17, 15) is 18.0 Å². The number of aromatic nitrogens is 2. The Morgan fingerprint density at radius 1 is 1.39 bits per heavy atom. The molecule has 0 spiro atoms. The van der Waals surface area contributed by atoms with Gasteiger partial charge in [0.05, 0.1) is 37.3 Å². The monoisotopic (exact) mass is 326 g/mol. The van der Waals surface area contributed by atoms with E-state index in [4.69, 9.17) is 4.74 Å². The van der Waals surface area contributed by atoms with Gasteiger partial charge in [-0.05, 0) is 18.2 Å². The lowest BCUT2D eigenvalue weighted by atomic mass is 10.1. The summed E-state index contributed by atoms with van der Waals surface area (Å²) in [5.74, 6) is -0.786. The largest absolute Gasteiger partial charge is 0.434 e. The Labute approximate surface area is 129 Å². The van der Waals surface area contributed by atoms with Gasteiger partial charge in [0.15, 0.2) is 0 Å². The summed E-state index contributed by atoms with van der Waals surface area (Å²) in [4.78, 5) is 16.6. The highest BCUT2D eigenvalue weighted by molar-refractivity contribution is 5.34. The molecule has 5 nitrogen and oxygen atoms in total. The first-order valence-electron chi connectivity index (χ1n) is 6.93. The van der Waals surface area contributed by atoms with Gasteiger partial charge in [-0.25, -0.2) is 9.37 Å². The molecule has 8 heteroatoms. The van der Waals surface area contributed by atoms with Gasteiger partial charge in [0, 0.05) is 12.0 Å². The van der Waals surface area contributed by atoms with Gasteiger partial charge in [-0.1, -0.05) is 0 Å². The van der Waals surface area contributed by atoms with E-state index >= 15 is 0 Å². The molecule has 122 valence electrons. The summed E-state index contributed by atoms with van der Waals surface area (Å²) in [5.41, 5.74) is 0.903. The van der Waals surface area contributed by atoms with Crippen molar-refractivity contribution in [3.63, 3.8) is 0 Å². The predicted molar refractivity (Wildman–Crippen MR) is 74.0 cm³/mol. The zero-order valence-electron chi connectivity index (χ0n) is 12.0. The van der Waals surface area contributed by atoms with Crippen molar-refractivity contribution in [2.24, 2.45) is 0 Å². The Bertz CT molecular complexity index is 777. The maximum atomic E-state index is 13.4. The van der Waals surface area contributed by atoms with Crippen molar-refractivity contribution in [3.8, 4) is 5.75 Å². The summed E-state index contributed by atoms with van der Waals surface area (Å²) in [5, 5.41) is 0. The van der Waals surface area contributed by atoms with Crippen molar-refractivity contribution in [3.05, 3.63) is 57.5 Å². The Hall–Kier alpha value is -2.35. The fourth-order valence-electron chi connectivity index (χ4n) is 2.45. The van der Waals surface area contributed by atoms with Crippen molar-refractivity contribution in [2.45, 2.75) is 26.2 Å². The maximum absolute atomic E-state index is 13.4. The molecule has 0 saturated carbocycles. The molecule has 0 unspecified atom stereocenters. The van der Waals surface area contributed by atoms with Crippen molar-refractivity contribution in [1.82, 2.24) is 9.55 Å². The van der Waals surface area contributed by atoms with Crippen molar-refractivity contribution >= 4 is 0 Å². The van der Waals surface area contributed by atoms with Crippen LogP contribution in [0.25, 0.3) is 0 Å². The number of hydrogen-bond donors (Lipinski definition) is 0. The molecule has 0 fully saturated rings. The summed E-state index contributed by atoms with van der Waals surface area (Å²) in [6.45, 7) is -2.50. The molecule has 0 amide bonds. The topological polar surface area (TPSA) is 53.4 Å². The van der Waals surface area contributed by atoms with E-state index in [-0.39, 0.29) is 30.0 Å². The molecule has 1 aliphatic rings. The molecule has 0 saturated heterocycles. The molecule has 1 aromatic heterocycles. The average Bonchev–Trinajstić information content (AvgIpc) is 2.52. The normalized spacial score (nSPS) is 13.9. The van der Waals surface area contributed by atoms with Gasteiger partial charge in [0.1, 0.15) is 11.6 Å². The highest BCUT2D eigenvalue weighted by Gasteiger charge is 2.17. The number of benzene rings is 1. The SMILES string of the molecule is O=c1c2c(ncn1Cc1cc(F)ccc1OC(F)F)CCOC2. The van der Waals surface area contributed by atoms with E-state index in [2.05, 4.69) is 9.72 Å². The second kappa shape index (κ2) is 6.41. The molecule has 3 rings (SSSR count). The molecule has 0 radical (unpaired) electrons. The summed E-state index contributed by atoms with van der Waals surface area (Å²) >= 11 is 0. The van der Waals surface area contributed by atoms with E-state index in [1.807, 2.05) is 0 Å². The average molecular weight is 326 g/mol. The first kappa shape index (κ1) is 15.5. The van der Waals surface area contributed by atoms with Gasteiger partial charge in [-0.3, -0.25) is 9.36 Å². The molecule has 1 aromatic carbocycles. The minimum atomic E-state index is -3.04. The van der Waals surface area contributed by atoms with Gasteiger partial charge in [0.25, 0.3) is 5.56 Å². The van der Waals surface area contributed by atoms with Crippen LogP contribution in [-0.4, -0.2) is 22.8 Å². The lowest BCUT2D eigenvalue weighted by Gasteiger charge is -2.17. The smallest absolute Gasteiger partial charge is 0.387 e. The molecule has 0 N–H and O–H groups in total. The maximum Gasteiger partial charge on any atom is 0.387 e. The minimum Gasteiger partial charge on any atom is -0.434 e. The number of halogens is 3. The number of nitrogens with zero attached hydrogens (tertiary/aromatic N) is 2. The Morgan fingerprint density at radius 2 is 2.22 bits per heavy atom. The Kier molecular flexibility index (Phi) is 4.33. The summed E-state index contributed by atoms with van der Waals surface area (Å²) in [6.07, 6.45) is 1.87. The highest BCUT2D eigenvalue weighted by atomic mass is 19.3. The fraction of sp³-hybridized carbons (Fsp3) is 0.333. The number of hydrogen-bond acceptors (Lipinski definition) is 4. The molecule has 2 aromatic rings. The summed E-state index contributed by atoms with van der Waals surface area (Å²) in [6, 6.07) is 3.18. The predicted octanol–water partition coefficient (Wildman–Crippen LogP) is 2.10. The third-order valence-corrected chi connectivity index (χ3v) is 3.53. The lowest BCUT2D eigenvalue weighted by molar-refractivity contribution is -0.0505. The Morgan fingerprint density at radius 3 is 3.00 bits per heavy atom. The standard InChI is InChI=1S/C15H13F3N2O3/c16-10-1-2-13(23-15(17)18)9(5-10)6-20-8-19-12-3-4-22-7-11(12)14(20)21/h1-2,5,8,15H,3-4,6-7H2. The van der Waals surface area contributed by atoms with E-state index in [0.29, 0.717) is 24.3 Å². The van der Waals surface area contributed by atoms with Crippen molar-refractivity contribution in [1.29, 1.82) is 0 Å². The van der Waals surface area contributed by atoms with Gasteiger partial charge < -0.3 is 9.47 Å². The highest BCUT2D eigenvalue weighted by Crippen LogP contribution is 2.22. The second-order valence-electron chi connectivity index (χ2n) is 5.04. The van der Waals surface area contributed by atoms with Crippen LogP contribution >= 0.6 is 0 Å². The van der Waals surface area contributed by atoms with Crippen LogP contribution in [0.2, 0.25) is 0 Å². The van der Waals surface area contributed by atoms with Crippen LogP contribution in [0.3, 0.4) is 0 Å².